The van der Waals surface area contributed by atoms with Crippen LogP contribution in [0.4, 0.5) is 0 Å². The van der Waals surface area contributed by atoms with Crippen LogP contribution in [-0.4, -0.2) is 54.6 Å². The summed E-state index contributed by atoms with van der Waals surface area (Å²) in [6.45, 7) is 14.4. The van der Waals surface area contributed by atoms with Crippen LogP contribution in [0.25, 0.3) is 0 Å². The topological polar surface area (TPSA) is 76.0 Å². The van der Waals surface area contributed by atoms with Crippen LogP contribution in [0.3, 0.4) is 0 Å². The third kappa shape index (κ3) is 14.5. The van der Waals surface area contributed by atoms with Gasteiger partial charge in [0.15, 0.2) is 0 Å². The smallest absolute Gasteiger partial charge is 0.139 e. The van der Waals surface area contributed by atoms with Crippen molar-refractivity contribution in [1.82, 2.24) is 0 Å². The third-order valence-electron chi connectivity index (χ3n) is 9.02. The highest BCUT2D eigenvalue weighted by Gasteiger charge is 2.32. The molecule has 41 heavy (non-hydrogen) atoms. The zero-order chi connectivity index (χ0) is 30.9. The van der Waals surface area contributed by atoms with Crippen molar-refractivity contribution in [2.24, 2.45) is 29.6 Å². The summed E-state index contributed by atoms with van der Waals surface area (Å²) in [5, 5.41) is 22.1. The molecule has 5 nitrogen and oxygen atoms in total. The van der Waals surface area contributed by atoms with Gasteiger partial charge in [-0.1, -0.05) is 89.5 Å². The van der Waals surface area contributed by atoms with Gasteiger partial charge in [0.05, 0.1) is 12.2 Å². The van der Waals surface area contributed by atoms with Crippen molar-refractivity contribution >= 4 is 5.78 Å². The molecule has 9 atom stereocenters. The predicted molar refractivity (Wildman–Crippen MR) is 172 cm³/mol. The maximum atomic E-state index is 12.9. The summed E-state index contributed by atoms with van der Waals surface area (Å²) in [4.78, 5) is 12.9. The number of Topliss-reactive ketones (excluding diaryl/α,β-unsaturated/α-hetero) is 1. The number of carbonyl (C=O) groups excluding carboxylic acids is 1. The van der Waals surface area contributed by atoms with E-state index in [1.165, 1.54) is 31.9 Å². The highest BCUT2D eigenvalue weighted by atomic mass is 16.5. The molecule has 0 radical (unpaired) electrons. The second-order valence-corrected chi connectivity index (χ2v) is 12.9. The van der Waals surface area contributed by atoms with Gasteiger partial charge in [0.1, 0.15) is 18.0 Å². The van der Waals surface area contributed by atoms with Crippen molar-refractivity contribution in [2.75, 3.05) is 14.2 Å². The van der Waals surface area contributed by atoms with Gasteiger partial charge in [0.2, 0.25) is 0 Å². The van der Waals surface area contributed by atoms with Gasteiger partial charge < -0.3 is 19.7 Å². The maximum Gasteiger partial charge on any atom is 0.139 e. The first-order valence-corrected chi connectivity index (χ1v) is 16.1. The molecule has 1 aliphatic carbocycles. The zero-order valence-corrected chi connectivity index (χ0v) is 27.6. The van der Waals surface area contributed by atoms with Crippen LogP contribution in [0.2, 0.25) is 0 Å². The monoisotopic (exact) mass is 574 g/mol. The summed E-state index contributed by atoms with van der Waals surface area (Å²) in [6.07, 6.45) is 19.3. The summed E-state index contributed by atoms with van der Waals surface area (Å²) in [5.41, 5.74) is 2.01. The fourth-order valence-electron chi connectivity index (χ4n) is 6.06. The molecule has 0 spiro atoms. The average molecular weight is 575 g/mol. The molecule has 0 amide bonds. The molecule has 1 fully saturated rings. The van der Waals surface area contributed by atoms with Gasteiger partial charge in [0, 0.05) is 26.6 Å². The zero-order valence-electron chi connectivity index (χ0n) is 27.6. The minimum absolute atomic E-state index is 0.0721. The van der Waals surface area contributed by atoms with E-state index in [2.05, 4.69) is 39.8 Å². The summed E-state index contributed by atoms with van der Waals surface area (Å²) < 4.78 is 11.2. The van der Waals surface area contributed by atoms with E-state index in [1.807, 2.05) is 52.2 Å². The largest absolute Gasteiger partial charge is 0.390 e. The Kier molecular flexibility index (Phi) is 18.6. The molecule has 236 valence electrons. The van der Waals surface area contributed by atoms with Crippen LogP contribution < -0.4 is 0 Å². The van der Waals surface area contributed by atoms with E-state index in [9.17, 15) is 15.0 Å². The van der Waals surface area contributed by atoms with E-state index in [4.69, 9.17) is 9.47 Å². The van der Waals surface area contributed by atoms with E-state index in [0.717, 1.165) is 32.1 Å². The second kappa shape index (κ2) is 20.4. The van der Waals surface area contributed by atoms with Gasteiger partial charge in [-0.3, -0.25) is 4.79 Å². The Morgan fingerprint density at radius 3 is 2.37 bits per heavy atom. The molecule has 0 saturated heterocycles. The van der Waals surface area contributed by atoms with Gasteiger partial charge in [-0.05, 0) is 81.6 Å². The quantitative estimate of drug-likeness (QED) is 0.121. The lowest BCUT2D eigenvalue weighted by molar-refractivity contribution is -0.121. The van der Waals surface area contributed by atoms with Crippen molar-refractivity contribution in [3.05, 3.63) is 47.6 Å². The normalized spacial score (nSPS) is 24.3. The first kappa shape index (κ1) is 37.5. The number of methoxy groups -OCH3 is 2. The Hall–Kier alpha value is -1.53. The predicted octanol–water partition coefficient (Wildman–Crippen LogP) is 8.02. The molecule has 0 heterocycles. The highest BCUT2D eigenvalue weighted by molar-refractivity contribution is 5.82. The number of carbonyl (C=O) groups is 1. The number of hydrogen-bond donors (Lipinski definition) is 2. The Morgan fingerprint density at radius 1 is 1.02 bits per heavy atom. The first-order chi connectivity index (χ1) is 19.4. The van der Waals surface area contributed by atoms with Crippen molar-refractivity contribution < 1.29 is 24.5 Å². The standard InChI is InChI=1S/C36H62O5/c1-10-25(2)15-12-11-13-16-26(3)21-29(6)34(38)36(41-9)35(39)30(7)23-28(5)33(37)20-19-27(4)22-31-17-14-18-32(24-31)40-8/h11-13,15-16,23,26-29,31-32,34-36,38-39H,10,14,17-22,24H2,1-9H3/b12-11+,16-13+,25-15+,30-23+/t26-,27+,28-,29?,31?,32?,34?,35?,36+/m1/s1. The summed E-state index contributed by atoms with van der Waals surface area (Å²) >= 11 is 0. The third-order valence-corrected chi connectivity index (χ3v) is 9.02. The average Bonchev–Trinajstić information content (AvgIpc) is 2.95. The Balaban J connectivity index is 2.61. The van der Waals surface area contributed by atoms with Crippen LogP contribution in [0.15, 0.2) is 47.6 Å². The molecule has 0 aliphatic heterocycles. The van der Waals surface area contributed by atoms with Crippen molar-refractivity contribution in [2.45, 2.75) is 131 Å². The number of ketones is 1. The van der Waals surface area contributed by atoms with Gasteiger partial charge >= 0.3 is 0 Å². The fraction of sp³-hybridized carbons (Fsp3) is 0.750. The van der Waals surface area contributed by atoms with E-state index in [1.54, 1.807) is 0 Å². The van der Waals surface area contributed by atoms with Crippen LogP contribution in [0.1, 0.15) is 106 Å². The number of aliphatic hydroxyl groups is 2. The lowest BCUT2D eigenvalue weighted by Crippen LogP contribution is -2.43. The van der Waals surface area contributed by atoms with Crippen molar-refractivity contribution in [3.63, 3.8) is 0 Å². The van der Waals surface area contributed by atoms with E-state index in [-0.39, 0.29) is 23.5 Å². The molecule has 5 heteroatoms. The molecule has 0 aromatic heterocycles. The van der Waals surface area contributed by atoms with Crippen molar-refractivity contribution in [3.8, 4) is 0 Å². The van der Waals surface area contributed by atoms with Crippen LogP contribution in [0, 0.1) is 29.6 Å². The van der Waals surface area contributed by atoms with E-state index >= 15 is 0 Å². The van der Waals surface area contributed by atoms with Crippen LogP contribution in [-0.2, 0) is 14.3 Å². The number of aliphatic hydroxyl groups excluding tert-OH is 2. The molecular weight excluding hydrogens is 512 g/mol. The van der Waals surface area contributed by atoms with Gasteiger partial charge in [-0.25, -0.2) is 0 Å². The maximum absolute atomic E-state index is 12.9. The minimum Gasteiger partial charge on any atom is -0.390 e. The SMILES string of the molecule is CC/C(C)=C/C=C/C=C/[C@@H](C)CC(C)C(O)[C@H](OC)C(O)/C(C)=C/[C@@H](C)C(=O)CC[C@H](C)CC1CCCC(OC)C1. The number of rotatable bonds is 19. The Labute approximate surface area is 252 Å². The summed E-state index contributed by atoms with van der Waals surface area (Å²) in [7, 11) is 3.33. The molecule has 5 unspecified atom stereocenters. The molecule has 1 aliphatic rings. The van der Waals surface area contributed by atoms with E-state index in [0.29, 0.717) is 29.9 Å². The van der Waals surface area contributed by atoms with Gasteiger partial charge in [0.25, 0.3) is 0 Å². The minimum atomic E-state index is -0.978. The number of ether oxygens (including phenoxy) is 2. The van der Waals surface area contributed by atoms with Gasteiger partial charge in [-0.2, -0.15) is 0 Å². The molecule has 1 rings (SSSR count). The highest BCUT2D eigenvalue weighted by Crippen LogP contribution is 2.32. The summed E-state index contributed by atoms with van der Waals surface area (Å²) in [5.74, 6) is 1.31. The van der Waals surface area contributed by atoms with Crippen molar-refractivity contribution in [1.29, 1.82) is 0 Å². The molecule has 1 saturated carbocycles. The second-order valence-electron chi connectivity index (χ2n) is 12.9. The molecule has 2 N–H and O–H groups in total. The van der Waals surface area contributed by atoms with E-state index < -0.39 is 18.3 Å². The molecule has 0 aromatic rings. The molecule has 0 aromatic carbocycles. The lowest BCUT2D eigenvalue weighted by atomic mass is 9.80. The summed E-state index contributed by atoms with van der Waals surface area (Å²) in [6, 6.07) is 0. The lowest BCUT2D eigenvalue weighted by Gasteiger charge is -2.31. The Bertz CT molecular complexity index is 856. The number of allylic oxidation sites excluding steroid dienone is 7. The van der Waals surface area contributed by atoms with Crippen LogP contribution >= 0.6 is 0 Å². The number of hydrogen-bond acceptors (Lipinski definition) is 5. The molecule has 0 bridgehead atoms. The fourth-order valence-corrected chi connectivity index (χ4v) is 6.06. The molecular formula is C36H62O5. The Morgan fingerprint density at radius 2 is 1.73 bits per heavy atom. The van der Waals surface area contributed by atoms with Gasteiger partial charge in [-0.15, -0.1) is 0 Å². The first-order valence-electron chi connectivity index (χ1n) is 16.1. The van der Waals surface area contributed by atoms with Crippen LogP contribution in [0.5, 0.6) is 0 Å².